The first-order chi connectivity index (χ1) is 7.44. The summed E-state index contributed by atoms with van der Waals surface area (Å²) >= 11 is 5.87. The Morgan fingerprint density at radius 3 is 2.62 bits per heavy atom. The minimum atomic E-state index is 0.139. The van der Waals surface area contributed by atoms with Gasteiger partial charge in [-0.2, -0.15) is 0 Å². The fourth-order valence-corrected chi connectivity index (χ4v) is 1.54. The zero-order valence-electron chi connectivity index (χ0n) is 10.2. The standard InChI is InChI=1S/C13H20ClNO/c1-10-8-11(14)4-5-12(10)16-7-6-13(2,3)9-15/h4-5,8H,6-7,9,15H2,1-3H3. The zero-order valence-corrected chi connectivity index (χ0v) is 11.0. The van der Waals surface area contributed by atoms with E-state index in [4.69, 9.17) is 22.1 Å². The molecule has 0 atom stereocenters. The van der Waals surface area contributed by atoms with E-state index < -0.39 is 0 Å². The van der Waals surface area contributed by atoms with Crippen LogP contribution in [-0.2, 0) is 0 Å². The molecular formula is C13H20ClNO. The van der Waals surface area contributed by atoms with Gasteiger partial charge < -0.3 is 10.5 Å². The molecule has 0 aliphatic carbocycles. The molecule has 1 aromatic rings. The Bertz CT molecular complexity index is 350. The number of benzene rings is 1. The van der Waals surface area contributed by atoms with Crippen LogP contribution in [0.3, 0.4) is 0 Å². The molecule has 0 amide bonds. The van der Waals surface area contributed by atoms with Crippen molar-refractivity contribution < 1.29 is 4.74 Å². The lowest BCUT2D eigenvalue weighted by atomic mass is 9.90. The van der Waals surface area contributed by atoms with Crippen molar-refractivity contribution in [2.45, 2.75) is 27.2 Å². The van der Waals surface area contributed by atoms with Gasteiger partial charge in [0.2, 0.25) is 0 Å². The van der Waals surface area contributed by atoms with Gasteiger partial charge in [0.25, 0.3) is 0 Å². The first-order valence-electron chi connectivity index (χ1n) is 5.54. The van der Waals surface area contributed by atoms with Crippen molar-refractivity contribution in [1.82, 2.24) is 0 Å². The predicted octanol–water partition coefficient (Wildman–Crippen LogP) is 3.40. The first-order valence-corrected chi connectivity index (χ1v) is 5.91. The van der Waals surface area contributed by atoms with Crippen molar-refractivity contribution in [3.8, 4) is 5.75 Å². The van der Waals surface area contributed by atoms with Gasteiger partial charge in [-0.05, 0) is 49.1 Å². The van der Waals surface area contributed by atoms with E-state index in [1.165, 1.54) is 0 Å². The fraction of sp³-hybridized carbons (Fsp3) is 0.538. The number of ether oxygens (including phenoxy) is 1. The highest BCUT2D eigenvalue weighted by Gasteiger charge is 2.15. The van der Waals surface area contributed by atoms with Gasteiger partial charge in [0.15, 0.2) is 0 Å². The highest BCUT2D eigenvalue weighted by molar-refractivity contribution is 6.30. The van der Waals surface area contributed by atoms with Crippen molar-refractivity contribution in [2.24, 2.45) is 11.1 Å². The monoisotopic (exact) mass is 241 g/mol. The molecule has 0 saturated heterocycles. The van der Waals surface area contributed by atoms with Crippen LogP contribution in [0.2, 0.25) is 5.02 Å². The summed E-state index contributed by atoms with van der Waals surface area (Å²) < 4.78 is 5.72. The van der Waals surface area contributed by atoms with E-state index in [0.29, 0.717) is 13.2 Å². The number of hydrogen-bond acceptors (Lipinski definition) is 2. The van der Waals surface area contributed by atoms with Crippen LogP contribution in [0, 0.1) is 12.3 Å². The molecule has 3 heteroatoms. The summed E-state index contributed by atoms with van der Waals surface area (Å²) in [7, 11) is 0. The molecule has 0 saturated carbocycles. The fourth-order valence-electron chi connectivity index (χ4n) is 1.31. The molecule has 0 radical (unpaired) electrons. The summed E-state index contributed by atoms with van der Waals surface area (Å²) in [6, 6.07) is 5.66. The van der Waals surface area contributed by atoms with Gasteiger partial charge >= 0.3 is 0 Å². The highest BCUT2D eigenvalue weighted by Crippen LogP contribution is 2.23. The van der Waals surface area contributed by atoms with Crippen LogP contribution < -0.4 is 10.5 Å². The maximum Gasteiger partial charge on any atom is 0.122 e. The zero-order chi connectivity index (χ0) is 12.2. The number of nitrogens with two attached hydrogens (primary N) is 1. The van der Waals surface area contributed by atoms with E-state index in [0.717, 1.165) is 22.8 Å². The molecule has 0 fully saturated rings. The highest BCUT2D eigenvalue weighted by atomic mass is 35.5. The van der Waals surface area contributed by atoms with Gasteiger partial charge in [-0.15, -0.1) is 0 Å². The number of rotatable bonds is 5. The van der Waals surface area contributed by atoms with Crippen molar-refractivity contribution in [3.05, 3.63) is 28.8 Å². The van der Waals surface area contributed by atoms with Crippen molar-refractivity contribution in [3.63, 3.8) is 0 Å². The Labute approximate surface area is 103 Å². The first kappa shape index (κ1) is 13.3. The molecule has 0 spiro atoms. The minimum absolute atomic E-state index is 0.139. The quantitative estimate of drug-likeness (QED) is 0.858. The van der Waals surface area contributed by atoms with Gasteiger partial charge in [0.1, 0.15) is 5.75 Å². The molecule has 90 valence electrons. The van der Waals surface area contributed by atoms with E-state index in [9.17, 15) is 0 Å². The van der Waals surface area contributed by atoms with Gasteiger partial charge in [-0.1, -0.05) is 25.4 Å². The summed E-state index contributed by atoms with van der Waals surface area (Å²) in [6.45, 7) is 7.65. The number of aryl methyl sites for hydroxylation is 1. The van der Waals surface area contributed by atoms with Gasteiger partial charge in [-0.25, -0.2) is 0 Å². The average Bonchev–Trinajstić information content (AvgIpc) is 2.21. The van der Waals surface area contributed by atoms with Crippen LogP contribution in [0.1, 0.15) is 25.8 Å². The van der Waals surface area contributed by atoms with Crippen LogP contribution >= 0.6 is 11.6 Å². The van der Waals surface area contributed by atoms with Crippen LogP contribution in [0.15, 0.2) is 18.2 Å². The molecule has 16 heavy (non-hydrogen) atoms. The Kier molecular flexibility index (Phi) is 4.63. The second-order valence-electron chi connectivity index (χ2n) is 4.88. The molecule has 0 heterocycles. The van der Waals surface area contributed by atoms with Crippen LogP contribution in [0.25, 0.3) is 0 Å². The topological polar surface area (TPSA) is 35.2 Å². The van der Waals surface area contributed by atoms with Crippen LogP contribution in [0.4, 0.5) is 0 Å². The molecule has 0 aliphatic rings. The second-order valence-corrected chi connectivity index (χ2v) is 5.31. The molecule has 1 rings (SSSR count). The summed E-state index contributed by atoms with van der Waals surface area (Å²) in [6.07, 6.45) is 0.950. The second kappa shape index (κ2) is 5.55. The molecular weight excluding hydrogens is 222 g/mol. The van der Waals surface area contributed by atoms with Crippen LogP contribution in [-0.4, -0.2) is 13.2 Å². The maximum absolute atomic E-state index is 5.87. The Morgan fingerprint density at radius 2 is 2.06 bits per heavy atom. The molecule has 2 nitrogen and oxygen atoms in total. The number of hydrogen-bond donors (Lipinski definition) is 1. The van der Waals surface area contributed by atoms with E-state index >= 15 is 0 Å². The minimum Gasteiger partial charge on any atom is -0.493 e. The Morgan fingerprint density at radius 1 is 1.38 bits per heavy atom. The van der Waals surface area contributed by atoms with Gasteiger partial charge in [0.05, 0.1) is 6.61 Å². The summed E-state index contributed by atoms with van der Waals surface area (Å²) in [5.74, 6) is 0.900. The van der Waals surface area contributed by atoms with Crippen LogP contribution in [0.5, 0.6) is 5.75 Å². The van der Waals surface area contributed by atoms with Gasteiger partial charge in [0, 0.05) is 5.02 Å². The molecule has 0 aromatic heterocycles. The number of halogens is 1. The molecule has 0 aliphatic heterocycles. The Hall–Kier alpha value is -0.730. The van der Waals surface area contributed by atoms with Crippen molar-refractivity contribution in [2.75, 3.05) is 13.2 Å². The lowest BCUT2D eigenvalue weighted by molar-refractivity contribution is 0.232. The van der Waals surface area contributed by atoms with E-state index in [-0.39, 0.29) is 5.41 Å². The van der Waals surface area contributed by atoms with Crippen molar-refractivity contribution >= 4 is 11.6 Å². The third-order valence-electron chi connectivity index (χ3n) is 2.73. The average molecular weight is 242 g/mol. The predicted molar refractivity (Wildman–Crippen MR) is 69.1 cm³/mol. The Balaban J connectivity index is 2.49. The molecule has 1 aromatic carbocycles. The third kappa shape index (κ3) is 4.03. The molecule has 2 N–H and O–H groups in total. The van der Waals surface area contributed by atoms with E-state index in [1.807, 2.05) is 25.1 Å². The smallest absolute Gasteiger partial charge is 0.122 e. The molecule has 0 unspecified atom stereocenters. The van der Waals surface area contributed by atoms with E-state index in [1.54, 1.807) is 0 Å². The van der Waals surface area contributed by atoms with Gasteiger partial charge in [-0.3, -0.25) is 0 Å². The van der Waals surface area contributed by atoms with E-state index in [2.05, 4.69) is 13.8 Å². The summed E-state index contributed by atoms with van der Waals surface area (Å²) in [4.78, 5) is 0. The third-order valence-corrected chi connectivity index (χ3v) is 2.96. The lowest BCUT2D eigenvalue weighted by Crippen LogP contribution is -2.25. The molecule has 0 bridgehead atoms. The summed E-state index contributed by atoms with van der Waals surface area (Å²) in [5, 5.41) is 0.743. The summed E-state index contributed by atoms with van der Waals surface area (Å²) in [5.41, 5.74) is 6.87. The largest absolute Gasteiger partial charge is 0.493 e. The lowest BCUT2D eigenvalue weighted by Gasteiger charge is -2.22. The SMILES string of the molecule is Cc1cc(Cl)ccc1OCCC(C)(C)CN. The maximum atomic E-state index is 5.87. The normalized spacial score (nSPS) is 11.6. The van der Waals surface area contributed by atoms with Crippen molar-refractivity contribution in [1.29, 1.82) is 0 Å².